The molecule has 1 aliphatic rings. The Morgan fingerprint density at radius 1 is 1.56 bits per heavy atom. The van der Waals surface area contributed by atoms with E-state index in [1.54, 1.807) is 12.5 Å². The lowest BCUT2D eigenvalue weighted by atomic mass is 9.90. The van der Waals surface area contributed by atoms with E-state index in [0.29, 0.717) is 25.4 Å². The summed E-state index contributed by atoms with van der Waals surface area (Å²) in [5.74, 6) is 0.728. The van der Waals surface area contributed by atoms with Gasteiger partial charge < -0.3 is 15.2 Å². The molecule has 0 aromatic carbocycles. The second-order valence-corrected chi connectivity index (χ2v) is 5.06. The first-order valence-electron chi connectivity index (χ1n) is 6.67. The number of hydrogen-bond donors (Lipinski definition) is 1. The van der Waals surface area contributed by atoms with Crippen molar-refractivity contribution in [3.8, 4) is 0 Å². The van der Waals surface area contributed by atoms with Crippen molar-refractivity contribution in [3.05, 3.63) is 18.7 Å². The van der Waals surface area contributed by atoms with Gasteiger partial charge in [-0.25, -0.2) is 4.98 Å². The van der Waals surface area contributed by atoms with Gasteiger partial charge >= 0.3 is 0 Å². The van der Waals surface area contributed by atoms with Crippen molar-refractivity contribution in [1.29, 1.82) is 0 Å². The van der Waals surface area contributed by atoms with Crippen molar-refractivity contribution in [2.24, 2.45) is 11.7 Å². The lowest BCUT2D eigenvalue weighted by Crippen LogP contribution is -2.51. The van der Waals surface area contributed by atoms with Crippen LogP contribution < -0.4 is 5.73 Å². The third-order valence-corrected chi connectivity index (χ3v) is 3.82. The summed E-state index contributed by atoms with van der Waals surface area (Å²) in [5.41, 5.74) is 5.80. The maximum atomic E-state index is 12.2. The number of hydrogen-bond acceptors (Lipinski definition) is 3. The number of likely N-dealkylation sites (tertiary alicyclic amines) is 1. The van der Waals surface area contributed by atoms with E-state index in [1.807, 2.05) is 15.7 Å². The third kappa shape index (κ3) is 2.90. The van der Waals surface area contributed by atoms with E-state index in [9.17, 15) is 4.79 Å². The minimum atomic E-state index is 0.214. The molecule has 1 saturated heterocycles. The minimum Gasteiger partial charge on any atom is -0.338 e. The summed E-state index contributed by atoms with van der Waals surface area (Å²) in [6.45, 7) is 4.31. The fourth-order valence-corrected chi connectivity index (χ4v) is 2.71. The van der Waals surface area contributed by atoms with Crippen LogP contribution in [0.2, 0.25) is 0 Å². The van der Waals surface area contributed by atoms with E-state index in [4.69, 9.17) is 5.73 Å². The van der Waals surface area contributed by atoms with Crippen molar-refractivity contribution >= 4 is 5.91 Å². The van der Waals surface area contributed by atoms with E-state index in [2.05, 4.69) is 11.9 Å². The molecule has 2 heterocycles. The number of carbonyl (C=O) groups excluding carboxylic acids is 1. The Morgan fingerprint density at radius 3 is 3.06 bits per heavy atom. The zero-order chi connectivity index (χ0) is 13.0. The summed E-state index contributed by atoms with van der Waals surface area (Å²) < 4.78 is 1.93. The smallest absolute Gasteiger partial charge is 0.224 e. The van der Waals surface area contributed by atoms with Crippen LogP contribution in [-0.4, -0.2) is 39.5 Å². The normalized spacial score (nSPS) is 24.2. The summed E-state index contributed by atoms with van der Waals surface area (Å²) in [4.78, 5) is 18.2. The molecule has 0 bridgehead atoms. The van der Waals surface area contributed by atoms with Gasteiger partial charge in [-0.3, -0.25) is 4.79 Å². The maximum Gasteiger partial charge on any atom is 0.224 e. The first kappa shape index (κ1) is 13.1. The molecule has 1 aliphatic heterocycles. The topological polar surface area (TPSA) is 64.2 Å². The molecule has 1 aromatic rings. The van der Waals surface area contributed by atoms with Crippen molar-refractivity contribution in [1.82, 2.24) is 14.5 Å². The molecule has 1 aromatic heterocycles. The molecule has 2 N–H and O–H groups in total. The molecular weight excluding hydrogens is 228 g/mol. The van der Waals surface area contributed by atoms with Crippen molar-refractivity contribution in [2.45, 2.75) is 38.8 Å². The molecule has 0 aliphatic carbocycles. The van der Waals surface area contributed by atoms with Crippen LogP contribution >= 0.6 is 0 Å². The van der Waals surface area contributed by atoms with E-state index in [0.717, 1.165) is 13.0 Å². The summed E-state index contributed by atoms with van der Waals surface area (Å²) >= 11 is 0. The lowest BCUT2D eigenvalue weighted by molar-refractivity contribution is -0.136. The summed E-state index contributed by atoms with van der Waals surface area (Å²) in [6, 6.07) is 0.217. The molecular formula is C13H22N4O. The highest BCUT2D eigenvalue weighted by atomic mass is 16.2. The average molecular weight is 250 g/mol. The fraction of sp³-hybridized carbons (Fsp3) is 0.692. The monoisotopic (exact) mass is 250 g/mol. The van der Waals surface area contributed by atoms with Gasteiger partial charge in [0.1, 0.15) is 0 Å². The molecule has 5 heteroatoms. The number of carbonyl (C=O) groups is 1. The van der Waals surface area contributed by atoms with Crippen LogP contribution in [0.25, 0.3) is 0 Å². The molecule has 2 rings (SSSR count). The van der Waals surface area contributed by atoms with Crippen LogP contribution in [0.3, 0.4) is 0 Å². The zero-order valence-electron chi connectivity index (χ0n) is 11.0. The van der Waals surface area contributed by atoms with Crippen LogP contribution in [0.1, 0.15) is 26.2 Å². The van der Waals surface area contributed by atoms with Gasteiger partial charge in [-0.2, -0.15) is 0 Å². The van der Waals surface area contributed by atoms with Gasteiger partial charge in [-0.05, 0) is 18.8 Å². The quantitative estimate of drug-likeness (QED) is 0.862. The number of rotatable bonds is 4. The number of piperidine rings is 1. The lowest BCUT2D eigenvalue weighted by Gasteiger charge is -2.39. The van der Waals surface area contributed by atoms with Crippen molar-refractivity contribution in [3.63, 3.8) is 0 Å². The first-order chi connectivity index (χ1) is 8.72. The van der Waals surface area contributed by atoms with Crippen LogP contribution in [0.15, 0.2) is 18.7 Å². The molecule has 2 unspecified atom stereocenters. The number of imidazole rings is 1. The molecule has 0 radical (unpaired) electrons. The minimum absolute atomic E-state index is 0.214. The highest BCUT2D eigenvalue weighted by Crippen LogP contribution is 2.23. The largest absolute Gasteiger partial charge is 0.338 e. The van der Waals surface area contributed by atoms with Gasteiger partial charge in [0, 0.05) is 44.5 Å². The van der Waals surface area contributed by atoms with E-state index in [-0.39, 0.29) is 11.9 Å². The number of amides is 1. The van der Waals surface area contributed by atoms with Gasteiger partial charge in [0.25, 0.3) is 0 Å². The van der Waals surface area contributed by atoms with Crippen molar-refractivity contribution in [2.75, 3.05) is 13.1 Å². The first-order valence-corrected chi connectivity index (χ1v) is 6.67. The molecule has 1 amide bonds. The molecule has 0 saturated carbocycles. The van der Waals surface area contributed by atoms with Gasteiger partial charge in [-0.15, -0.1) is 0 Å². The summed E-state index contributed by atoms with van der Waals surface area (Å²) in [6.07, 6.45) is 8.15. The molecule has 2 atom stereocenters. The zero-order valence-corrected chi connectivity index (χ0v) is 11.0. The predicted octanol–water partition coefficient (Wildman–Crippen LogP) is 0.859. The second-order valence-electron chi connectivity index (χ2n) is 5.06. The number of aromatic nitrogens is 2. The van der Waals surface area contributed by atoms with Crippen LogP contribution in [-0.2, 0) is 11.3 Å². The van der Waals surface area contributed by atoms with Gasteiger partial charge in [0.2, 0.25) is 5.91 Å². The van der Waals surface area contributed by atoms with Gasteiger partial charge in [0.15, 0.2) is 0 Å². The standard InChI is InChI=1S/C13H22N4O/c1-11-3-2-6-17(12(11)9-14)13(18)4-7-16-8-5-15-10-16/h5,8,10-12H,2-4,6-7,9,14H2,1H3. The number of nitrogens with two attached hydrogens (primary N) is 1. The highest BCUT2D eigenvalue weighted by Gasteiger charge is 2.30. The molecule has 1 fully saturated rings. The molecule has 0 spiro atoms. The van der Waals surface area contributed by atoms with Gasteiger partial charge in [0.05, 0.1) is 6.33 Å². The molecule has 5 nitrogen and oxygen atoms in total. The van der Waals surface area contributed by atoms with Crippen LogP contribution in [0, 0.1) is 5.92 Å². The van der Waals surface area contributed by atoms with Crippen LogP contribution in [0.4, 0.5) is 0 Å². The summed E-state index contributed by atoms with van der Waals surface area (Å²) in [7, 11) is 0. The van der Waals surface area contributed by atoms with Gasteiger partial charge in [-0.1, -0.05) is 6.92 Å². The van der Waals surface area contributed by atoms with E-state index < -0.39 is 0 Å². The SMILES string of the molecule is CC1CCCN(C(=O)CCn2ccnc2)C1CN. The van der Waals surface area contributed by atoms with Crippen molar-refractivity contribution < 1.29 is 4.79 Å². The Bertz CT molecular complexity index is 376. The molecule has 18 heavy (non-hydrogen) atoms. The average Bonchev–Trinajstić information content (AvgIpc) is 2.88. The van der Waals surface area contributed by atoms with E-state index >= 15 is 0 Å². The predicted molar refractivity (Wildman–Crippen MR) is 69.8 cm³/mol. The Morgan fingerprint density at radius 2 is 2.39 bits per heavy atom. The maximum absolute atomic E-state index is 12.2. The Kier molecular flexibility index (Phi) is 4.36. The highest BCUT2D eigenvalue weighted by molar-refractivity contribution is 5.76. The Labute approximate surface area is 108 Å². The molecule has 100 valence electrons. The van der Waals surface area contributed by atoms with E-state index in [1.165, 1.54) is 6.42 Å². The Hall–Kier alpha value is -1.36. The fourth-order valence-electron chi connectivity index (χ4n) is 2.71. The second kappa shape index (κ2) is 6.00. The van der Waals surface area contributed by atoms with Crippen LogP contribution in [0.5, 0.6) is 0 Å². The third-order valence-electron chi connectivity index (χ3n) is 3.82. The number of nitrogens with zero attached hydrogens (tertiary/aromatic N) is 3. The number of aryl methyl sites for hydroxylation is 1. The Balaban J connectivity index is 1.90. The summed E-state index contributed by atoms with van der Waals surface area (Å²) in [5, 5.41) is 0.